The summed E-state index contributed by atoms with van der Waals surface area (Å²) in [5.74, 6) is 0. The molecular formula is C13H13IN2O2S. The Labute approximate surface area is 126 Å². The van der Waals surface area contributed by atoms with Crippen LogP contribution in [0, 0.1) is 3.57 Å². The van der Waals surface area contributed by atoms with E-state index in [0.717, 1.165) is 3.57 Å². The first-order chi connectivity index (χ1) is 9.03. The first kappa shape index (κ1) is 14.1. The van der Waals surface area contributed by atoms with Crippen molar-refractivity contribution in [3.05, 3.63) is 52.1 Å². The molecule has 0 aromatic heterocycles. The molecule has 0 fully saturated rings. The molecule has 2 N–H and O–H groups in total. The molecule has 0 radical (unpaired) electrons. The molecule has 0 saturated heterocycles. The van der Waals surface area contributed by atoms with Crippen LogP contribution in [-0.4, -0.2) is 15.5 Å². The number of sulfonamides is 1. The lowest BCUT2D eigenvalue weighted by Gasteiger charge is -2.12. The van der Waals surface area contributed by atoms with Gasteiger partial charge in [0, 0.05) is 16.3 Å². The molecule has 0 unspecified atom stereocenters. The standard InChI is InChI=1S/C13H13IN2O2S/c1-15-12-7-2-3-8-13(12)19(17,18)16-11-6-4-5-10(14)9-11/h2-9,15-16H,1H3. The Kier molecular flexibility index (Phi) is 4.31. The van der Waals surface area contributed by atoms with Crippen LogP contribution in [0.1, 0.15) is 0 Å². The van der Waals surface area contributed by atoms with Crippen molar-refractivity contribution >= 4 is 44.0 Å². The lowest BCUT2D eigenvalue weighted by atomic mass is 10.3. The summed E-state index contributed by atoms with van der Waals surface area (Å²) < 4.78 is 28.2. The van der Waals surface area contributed by atoms with Gasteiger partial charge in [0.15, 0.2) is 0 Å². The summed E-state index contributed by atoms with van der Waals surface area (Å²) in [4.78, 5) is 0.233. The molecule has 4 nitrogen and oxygen atoms in total. The molecule has 0 amide bonds. The Hall–Kier alpha value is -1.28. The number of hydrogen-bond acceptors (Lipinski definition) is 3. The van der Waals surface area contributed by atoms with E-state index in [1.807, 2.05) is 12.1 Å². The van der Waals surface area contributed by atoms with Gasteiger partial charge >= 0.3 is 0 Å². The smallest absolute Gasteiger partial charge is 0.263 e. The maximum atomic E-state index is 12.3. The van der Waals surface area contributed by atoms with Crippen LogP contribution in [0.4, 0.5) is 11.4 Å². The zero-order valence-electron chi connectivity index (χ0n) is 10.2. The van der Waals surface area contributed by atoms with Gasteiger partial charge in [-0.25, -0.2) is 8.42 Å². The molecule has 100 valence electrons. The SMILES string of the molecule is CNc1ccccc1S(=O)(=O)Nc1cccc(I)c1. The second-order valence-electron chi connectivity index (χ2n) is 3.86. The second kappa shape index (κ2) is 5.79. The zero-order valence-corrected chi connectivity index (χ0v) is 13.2. The molecule has 2 aromatic rings. The lowest BCUT2D eigenvalue weighted by Crippen LogP contribution is -2.14. The van der Waals surface area contributed by atoms with Crippen molar-refractivity contribution in [2.45, 2.75) is 4.90 Å². The van der Waals surface area contributed by atoms with Gasteiger partial charge in [0.1, 0.15) is 4.90 Å². The minimum Gasteiger partial charge on any atom is -0.387 e. The third-order valence-corrected chi connectivity index (χ3v) is 4.63. The van der Waals surface area contributed by atoms with E-state index in [0.29, 0.717) is 11.4 Å². The maximum absolute atomic E-state index is 12.3. The van der Waals surface area contributed by atoms with Crippen LogP contribution in [0.5, 0.6) is 0 Å². The fraction of sp³-hybridized carbons (Fsp3) is 0.0769. The quantitative estimate of drug-likeness (QED) is 0.792. The summed E-state index contributed by atoms with van der Waals surface area (Å²) >= 11 is 2.14. The Morgan fingerprint density at radius 1 is 1.05 bits per heavy atom. The van der Waals surface area contributed by atoms with Gasteiger partial charge in [0.25, 0.3) is 10.0 Å². The monoisotopic (exact) mass is 388 g/mol. The van der Waals surface area contributed by atoms with E-state index in [9.17, 15) is 8.42 Å². The van der Waals surface area contributed by atoms with Crippen molar-refractivity contribution in [1.29, 1.82) is 0 Å². The van der Waals surface area contributed by atoms with Gasteiger partial charge < -0.3 is 5.32 Å². The first-order valence-corrected chi connectivity index (χ1v) is 8.14. The number of nitrogens with one attached hydrogen (secondary N) is 2. The molecule has 0 saturated carbocycles. The summed E-state index contributed by atoms with van der Waals surface area (Å²) in [6.07, 6.45) is 0. The summed E-state index contributed by atoms with van der Waals surface area (Å²) in [5, 5.41) is 2.88. The summed E-state index contributed by atoms with van der Waals surface area (Å²) in [6, 6.07) is 14.0. The number of rotatable bonds is 4. The van der Waals surface area contributed by atoms with Crippen LogP contribution in [0.3, 0.4) is 0 Å². The molecule has 0 atom stereocenters. The van der Waals surface area contributed by atoms with E-state index in [1.54, 1.807) is 43.4 Å². The highest BCUT2D eigenvalue weighted by molar-refractivity contribution is 14.1. The van der Waals surface area contributed by atoms with Crippen LogP contribution in [-0.2, 0) is 10.0 Å². The third kappa shape index (κ3) is 3.38. The Morgan fingerprint density at radius 3 is 2.47 bits per heavy atom. The van der Waals surface area contributed by atoms with Crippen LogP contribution < -0.4 is 10.0 Å². The van der Waals surface area contributed by atoms with Gasteiger partial charge in [-0.15, -0.1) is 0 Å². The minimum absolute atomic E-state index is 0.233. The molecule has 0 spiro atoms. The molecule has 0 heterocycles. The van der Waals surface area contributed by atoms with Gasteiger partial charge in [-0.2, -0.15) is 0 Å². The molecule has 2 aromatic carbocycles. The highest BCUT2D eigenvalue weighted by Crippen LogP contribution is 2.23. The van der Waals surface area contributed by atoms with Crippen molar-refractivity contribution in [2.75, 3.05) is 17.1 Å². The average molecular weight is 388 g/mol. The molecule has 0 bridgehead atoms. The normalized spacial score (nSPS) is 11.1. The molecule has 19 heavy (non-hydrogen) atoms. The van der Waals surface area contributed by atoms with Crippen molar-refractivity contribution in [1.82, 2.24) is 0 Å². The maximum Gasteiger partial charge on any atom is 0.263 e. The number of hydrogen-bond donors (Lipinski definition) is 2. The Morgan fingerprint density at radius 2 is 1.79 bits per heavy atom. The lowest BCUT2D eigenvalue weighted by molar-refractivity contribution is 0.601. The van der Waals surface area contributed by atoms with Gasteiger partial charge in [-0.05, 0) is 52.9 Å². The van der Waals surface area contributed by atoms with Crippen LogP contribution >= 0.6 is 22.6 Å². The van der Waals surface area contributed by atoms with E-state index >= 15 is 0 Å². The van der Waals surface area contributed by atoms with Crippen LogP contribution in [0.25, 0.3) is 0 Å². The number of para-hydroxylation sites is 1. The Balaban J connectivity index is 2.38. The first-order valence-electron chi connectivity index (χ1n) is 5.58. The number of halogens is 1. The van der Waals surface area contributed by atoms with Gasteiger partial charge in [-0.3, -0.25) is 4.72 Å². The van der Waals surface area contributed by atoms with Crippen molar-refractivity contribution in [2.24, 2.45) is 0 Å². The van der Waals surface area contributed by atoms with E-state index < -0.39 is 10.0 Å². The minimum atomic E-state index is -3.59. The van der Waals surface area contributed by atoms with Crippen molar-refractivity contribution < 1.29 is 8.42 Å². The highest BCUT2D eigenvalue weighted by Gasteiger charge is 2.17. The van der Waals surface area contributed by atoms with Gasteiger partial charge in [-0.1, -0.05) is 18.2 Å². The predicted octanol–water partition coefficient (Wildman–Crippen LogP) is 3.13. The summed E-state index contributed by atoms with van der Waals surface area (Å²) in [5.41, 5.74) is 1.12. The Bertz CT molecular complexity index is 687. The average Bonchev–Trinajstić information content (AvgIpc) is 2.38. The highest BCUT2D eigenvalue weighted by atomic mass is 127. The summed E-state index contributed by atoms with van der Waals surface area (Å²) in [6.45, 7) is 0. The van der Waals surface area contributed by atoms with Gasteiger partial charge in [0.05, 0.1) is 5.69 Å². The molecule has 2 rings (SSSR count). The van der Waals surface area contributed by atoms with E-state index in [2.05, 4.69) is 32.6 Å². The zero-order chi connectivity index (χ0) is 13.9. The van der Waals surface area contributed by atoms with Crippen LogP contribution in [0.15, 0.2) is 53.4 Å². The molecule has 0 aliphatic carbocycles. The van der Waals surface area contributed by atoms with Crippen molar-refractivity contribution in [3.8, 4) is 0 Å². The van der Waals surface area contributed by atoms with E-state index in [1.165, 1.54) is 0 Å². The van der Waals surface area contributed by atoms with Gasteiger partial charge in [0.2, 0.25) is 0 Å². The van der Waals surface area contributed by atoms with Crippen LogP contribution in [0.2, 0.25) is 0 Å². The second-order valence-corrected chi connectivity index (χ2v) is 6.76. The number of anilines is 2. The van der Waals surface area contributed by atoms with Crippen molar-refractivity contribution in [3.63, 3.8) is 0 Å². The molecule has 0 aliphatic heterocycles. The van der Waals surface area contributed by atoms with E-state index in [-0.39, 0.29) is 4.90 Å². The largest absolute Gasteiger partial charge is 0.387 e. The molecule has 0 aliphatic rings. The predicted molar refractivity (Wildman–Crippen MR) is 86.0 cm³/mol. The molecular weight excluding hydrogens is 375 g/mol. The fourth-order valence-corrected chi connectivity index (χ4v) is 3.48. The fourth-order valence-electron chi connectivity index (χ4n) is 1.67. The molecule has 6 heteroatoms. The number of benzene rings is 2. The topological polar surface area (TPSA) is 58.2 Å². The third-order valence-electron chi connectivity index (χ3n) is 2.52. The van der Waals surface area contributed by atoms with E-state index in [4.69, 9.17) is 0 Å². The summed E-state index contributed by atoms with van der Waals surface area (Å²) in [7, 11) is -1.89.